The number of hydrogen-bond acceptors (Lipinski definition) is 8. The lowest BCUT2D eigenvalue weighted by Gasteiger charge is -2.12. The third kappa shape index (κ3) is 5.38. The van der Waals surface area contributed by atoms with Crippen molar-refractivity contribution in [3.8, 4) is 17.1 Å². The van der Waals surface area contributed by atoms with Gasteiger partial charge in [-0.25, -0.2) is 31.6 Å². The highest BCUT2D eigenvalue weighted by molar-refractivity contribution is 9.10. The van der Waals surface area contributed by atoms with E-state index in [1.54, 1.807) is 24.4 Å². The second-order valence-electron chi connectivity index (χ2n) is 8.75. The van der Waals surface area contributed by atoms with Crippen LogP contribution < -0.4 is 10.1 Å². The number of benzene rings is 1. The van der Waals surface area contributed by atoms with E-state index in [1.807, 2.05) is 0 Å². The Hall–Kier alpha value is -3.62. The molecule has 1 N–H and O–H groups in total. The van der Waals surface area contributed by atoms with Crippen LogP contribution in [0.2, 0.25) is 0 Å². The zero-order chi connectivity index (χ0) is 28.6. The number of amides is 1. The van der Waals surface area contributed by atoms with Crippen molar-refractivity contribution in [1.29, 1.82) is 0 Å². The topological polar surface area (TPSA) is 120 Å². The van der Waals surface area contributed by atoms with Crippen molar-refractivity contribution in [1.82, 2.24) is 20.3 Å². The van der Waals surface area contributed by atoms with Crippen molar-refractivity contribution >= 4 is 42.6 Å². The maximum atomic E-state index is 14.2. The number of rotatable bonds is 6. The molecule has 0 saturated carbocycles. The summed E-state index contributed by atoms with van der Waals surface area (Å²) in [6.07, 6.45) is -1.18. The van der Waals surface area contributed by atoms with Gasteiger partial charge in [0.25, 0.3) is 12.3 Å². The van der Waals surface area contributed by atoms with Gasteiger partial charge in [0.05, 0.1) is 54.2 Å². The first kappa shape index (κ1) is 27.9. The van der Waals surface area contributed by atoms with E-state index >= 15 is 0 Å². The zero-order valence-corrected chi connectivity index (χ0v) is 23.1. The van der Waals surface area contributed by atoms with E-state index in [-0.39, 0.29) is 35.1 Å². The van der Waals surface area contributed by atoms with Gasteiger partial charge < -0.3 is 14.8 Å². The predicted octanol–water partition coefficient (Wildman–Crippen LogP) is 4.93. The van der Waals surface area contributed by atoms with E-state index in [0.717, 1.165) is 6.07 Å². The zero-order valence-electron chi connectivity index (χ0n) is 20.7. The fourth-order valence-electron chi connectivity index (χ4n) is 4.12. The van der Waals surface area contributed by atoms with E-state index in [4.69, 9.17) is 9.47 Å². The number of methoxy groups -OCH3 is 1. The number of hydrogen-bond donors (Lipinski definition) is 1. The first-order valence-electron chi connectivity index (χ1n) is 11.7. The van der Waals surface area contributed by atoms with Crippen molar-refractivity contribution < 1.29 is 35.9 Å². The average Bonchev–Trinajstić information content (AvgIpc) is 3.06. The van der Waals surface area contributed by atoms with Crippen molar-refractivity contribution in [2.45, 2.75) is 30.0 Å². The number of fused-ring (bicyclic) bond motifs is 2. The molecule has 0 spiro atoms. The number of alkyl halides is 3. The fraction of sp³-hybridized carbons (Fsp3) is 0.231. The third-order valence-electron chi connectivity index (χ3n) is 6.19. The third-order valence-corrected chi connectivity index (χ3v) is 8.68. The quantitative estimate of drug-likeness (QED) is 0.316. The molecule has 40 heavy (non-hydrogen) atoms. The van der Waals surface area contributed by atoms with E-state index < -0.39 is 40.0 Å². The number of sulfone groups is 1. The number of carbonyl (C=O) groups excluding carboxylic acids is 1. The van der Waals surface area contributed by atoms with E-state index in [0.29, 0.717) is 32.3 Å². The number of nitrogens with one attached hydrogen (secondary N) is 1. The molecule has 5 rings (SSSR count). The van der Waals surface area contributed by atoms with Crippen molar-refractivity contribution in [2.75, 3.05) is 13.7 Å². The molecule has 14 heteroatoms. The van der Waals surface area contributed by atoms with Crippen molar-refractivity contribution in [3.05, 3.63) is 75.6 Å². The van der Waals surface area contributed by atoms with Gasteiger partial charge in [-0.2, -0.15) is 0 Å². The molecule has 1 amide bonds. The van der Waals surface area contributed by atoms with Gasteiger partial charge in [-0.15, -0.1) is 0 Å². The molecule has 208 valence electrons. The lowest BCUT2D eigenvalue weighted by molar-refractivity contribution is 0.0946. The first-order valence-corrected chi connectivity index (χ1v) is 14.1. The molecule has 0 fully saturated rings. The minimum Gasteiger partial charge on any atom is -0.480 e. The highest BCUT2D eigenvalue weighted by Gasteiger charge is 2.34. The van der Waals surface area contributed by atoms with Crippen LogP contribution in [0.1, 0.15) is 33.7 Å². The summed E-state index contributed by atoms with van der Waals surface area (Å²) in [4.78, 5) is 25.4. The van der Waals surface area contributed by atoms with E-state index in [2.05, 4.69) is 36.2 Å². The summed E-state index contributed by atoms with van der Waals surface area (Å²) >= 11 is 3.26. The maximum Gasteiger partial charge on any atom is 0.280 e. The molecule has 1 aliphatic heterocycles. The number of ether oxygens (including phenoxy) is 2. The summed E-state index contributed by atoms with van der Waals surface area (Å²) in [5, 5.41) is 3.37. The van der Waals surface area contributed by atoms with Gasteiger partial charge in [-0.1, -0.05) is 15.9 Å². The van der Waals surface area contributed by atoms with Crippen LogP contribution in [-0.2, 0) is 27.7 Å². The van der Waals surface area contributed by atoms with Crippen LogP contribution in [0.3, 0.4) is 0 Å². The van der Waals surface area contributed by atoms with Crippen molar-refractivity contribution in [3.63, 3.8) is 0 Å². The molecule has 4 heterocycles. The van der Waals surface area contributed by atoms with Gasteiger partial charge in [0.15, 0.2) is 0 Å². The fourth-order valence-corrected chi connectivity index (χ4v) is 6.18. The Kier molecular flexibility index (Phi) is 7.75. The SMILES string of the molecule is COc1nc(C(F)F)ccc1-c1ccc2cnc(CNC(=O)c3cc(Br)c4c(c3)S(=O)(=O)[C@@H](F)COC4)cc2n1. The van der Waals surface area contributed by atoms with E-state index in [9.17, 15) is 26.4 Å². The molecule has 1 aromatic carbocycles. The van der Waals surface area contributed by atoms with Crippen LogP contribution >= 0.6 is 15.9 Å². The van der Waals surface area contributed by atoms with Crippen LogP contribution in [0, 0.1) is 0 Å². The Balaban J connectivity index is 1.39. The number of pyridine rings is 3. The summed E-state index contributed by atoms with van der Waals surface area (Å²) < 4.78 is 76.1. The van der Waals surface area contributed by atoms with Crippen molar-refractivity contribution in [2.24, 2.45) is 0 Å². The highest BCUT2D eigenvalue weighted by Crippen LogP contribution is 2.33. The number of carbonyl (C=O) groups is 1. The molecule has 3 aromatic heterocycles. The molecule has 0 aliphatic carbocycles. The van der Waals surface area contributed by atoms with Crippen LogP contribution in [0.15, 0.2) is 58.0 Å². The summed E-state index contributed by atoms with van der Waals surface area (Å²) in [5.74, 6) is -0.594. The summed E-state index contributed by atoms with van der Waals surface area (Å²) in [6.45, 7) is -0.741. The molecule has 1 aliphatic rings. The van der Waals surface area contributed by atoms with Gasteiger partial charge in [-0.3, -0.25) is 9.78 Å². The first-order chi connectivity index (χ1) is 19.1. The monoisotopic (exact) mass is 636 g/mol. The Morgan fingerprint density at radius 2 is 2.00 bits per heavy atom. The van der Waals surface area contributed by atoms with Crippen LogP contribution in [0.25, 0.3) is 22.2 Å². The Morgan fingerprint density at radius 3 is 2.75 bits per heavy atom. The number of halogens is 4. The molecular weight excluding hydrogens is 617 g/mol. The molecule has 4 aromatic rings. The standard InChI is InChI=1S/C26H20BrF3N4O5S/c1-38-26-16(3-5-20(34-26)24(29)30)19-4-2-13-9-31-15(8-21(13)33-19)10-32-25(35)14-6-18(27)17-11-39-12-23(28)40(36,37)22(17)7-14/h2-9,23-24H,10-12H2,1H3,(H,32,35)/t23-/m1/s1. The lowest BCUT2D eigenvalue weighted by atomic mass is 10.1. The molecule has 0 radical (unpaired) electrons. The minimum atomic E-state index is -4.34. The molecule has 1 atom stereocenters. The van der Waals surface area contributed by atoms with Gasteiger partial charge in [0.2, 0.25) is 21.2 Å². The Morgan fingerprint density at radius 1 is 1.20 bits per heavy atom. The highest BCUT2D eigenvalue weighted by atomic mass is 79.9. The van der Waals surface area contributed by atoms with Crippen LogP contribution in [0.5, 0.6) is 5.88 Å². The van der Waals surface area contributed by atoms with Crippen LogP contribution in [-0.4, -0.2) is 48.5 Å². The summed E-state index contributed by atoms with van der Waals surface area (Å²) in [5.41, 5.74) is -0.583. The average molecular weight is 637 g/mol. The predicted molar refractivity (Wildman–Crippen MR) is 141 cm³/mol. The van der Waals surface area contributed by atoms with Gasteiger partial charge >= 0.3 is 0 Å². The number of aromatic nitrogens is 3. The van der Waals surface area contributed by atoms with Gasteiger partial charge in [0.1, 0.15) is 5.69 Å². The maximum absolute atomic E-state index is 14.2. The Bertz CT molecular complexity index is 1740. The van der Waals surface area contributed by atoms with E-state index in [1.165, 1.54) is 25.3 Å². The molecule has 0 saturated heterocycles. The number of nitrogens with zero attached hydrogens (tertiary/aromatic N) is 3. The van der Waals surface area contributed by atoms with Gasteiger partial charge in [-0.05, 0) is 42.5 Å². The van der Waals surface area contributed by atoms with Crippen LogP contribution in [0.4, 0.5) is 13.2 Å². The molecular formula is C26H20BrF3N4O5S. The normalized spacial score (nSPS) is 16.4. The molecule has 9 nitrogen and oxygen atoms in total. The Labute approximate surface area is 234 Å². The lowest BCUT2D eigenvalue weighted by Crippen LogP contribution is -2.24. The molecule has 0 unspecified atom stereocenters. The smallest absolute Gasteiger partial charge is 0.280 e. The second kappa shape index (κ2) is 11.1. The molecule has 0 bridgehead atoms. The minimum absolute atomic E-state index is 0.00534. The summed E-state index contributed by atoms with van der Waals surface area (Å²) in [6, 6.07) is 10.3. The second-order valence-corrected chi connectivity index (χ2v) is 11.6. The van der Waals surface area contributed by atoms with Gasteiger partial charge in [0, 0.05) is 27.2 Å². The summed E-state index contributed by atoms with van der Waals surface area (Å²) in [7, 11) is -3.01. The largest absolute Gasteiger partial charge is 0.480 e.